The van der Waals surface area contributed by atoms with Crippen molar-refractivity contribution >= 4 is 23.7 Å². The van der Waals surface area contributed by atoms with Gasteiger partial charge in [0, 0.05) is 6.42 Å². The Labute approximate surface area is 173 Å². The fourth-order valence-corrected chi connectivity index (χ4v) is 2.60. The number of aliphatic hydroxyl groups is 2. The molecule has 0 fully saturated rings. The molecule has 0 unspecified atom stereocenters. The molecular weight excluding hydrogens is 396 g/mol. The van der Waals surface area contributed by atoms with Crippen LogP contribution in [-0.2, 0) is 25.6 Å². The number of rotatable bonds is 11. The number of benzene rings is 1. The molecule has 5 atom stereocenters. The molecule has 0 saturated carbocycles. The van der Waals surface area contributed by atoms with Gasteiger partial charge in [-0.25, -0.2) is 4.79 Å². The minimum Gasteiger partial charge on any atom is -0.480 e. The fraction of sp³-hybridized carbons (Fsp3) is 0.474. The molecule has 3 amide bonds. The van der Waals surface area contributed by atoms with Gasteiger partial charge in [-0.05, 0) is 19.4 Å². The molecule has 1 aromatic rings. The highest BCUT2D eigenvalue weighted by molar-refractivity contribution is 5.94. The summed E-state index contributed by atoms with van der Waals surface area (Å²) in [5.74, 6) is -3.83. The molecule has 0 spiro atoms. The van der Waals surface area contributed by atoms with Gasteiger partial charge < -0.3 is 37.0 Å². The summed E-state index contributed by atoms with van der Waals surface area (Å²) >= 11 is 0. The molecular formula is C19H28N4O7. The summed E-state index contributed by atoms with van der Waals surface area (Å²) in [5.41, 5.74) is 5.88. The number of hydrogen-bond donors (Lipinski definition) is 7. The third-order valence-corrected chi connectivity index (χ3v) is 4.23. The van der Waals surface area contributed by atoms with E-state index in [1.807, 2.05) is 0 Å². The van der Waals surface area contributed by atoms with Crippen molar-refractivity contribution in [3.8, 4) is 0 Å². The molecule has 1 rings (SSSR count). The number of aliphatic hydroxyl groups excluding tert-OH is 2. The van der Waals surface area contributed by atoms with Crippen LogP contribution in [0.1, 0.15) is 19.4 Å². The van der Waals surface area contributed by atoms with Crippen LogP contribution in [0, 0.1) is 0 Å². The van der Waals surface area contributed by atoms with Crippen LogP contribution in [0.3, 0.4) is 0 Å². The molecule has 166 valence electrons. The van der Waals surface area contributed by atoms with Crippen molar-refractivity contribution in [2.45, 2.75) is 50.6 Å². The number of carboxylic acid groups (broad SMARTS) is 1. The minimum atomic E-state index is -1.59. The van der Waals surface area contributed by atoms with Gasteiger partial charge >= 0.3 is 5.97 Å². The zero-order valence-electron chi connectivity index (χ0n) is 16.7. The first-order valence-electron chi connectivity index (χ1n) is 9.29. The van der Waals surface area contributed by atoms with E-state index in [0.717, 1.165) is 0 Å². The Kier molecular flexibility index (Phi) is 9.89. The molecule has 0 aliphatic carbocycles. The van der Waals surface area contributed by atoms with E-state index >= 15 is 0 Å². The zero-order valence-corrected chi connectivity index (χ0v) is 16.7. The van der Waals surface area contributed by atoms with Crippen molar-refractivity contribution in [1.29, 1.82) is 0 Å². The van der Waals surface area contributed by atoms with E-state index in [-0.39, 0.29) is 6.42 Å². The topological polar surface area (TPSA) is 191 Å². The van der Waals surface area contributed by atoms with Crippen LogP contribution in [0.4, 0.5) is 0 Å². The lowest BCUT2D eigenvalue weighted by Crippen LogP contribution is -2.60. The third-order valence-electron chi connectivity index (χ3n) is 4.23. The number of nitrogens with one attached hydrogen (secondary N) is 3. The second kappa shape index (κ2) is 11.9. The predicted octanol–water partition coefficient (Wildman–Crippen LogP) is -2.51. The van der Waals surface area contributed by atoms with Crippen molar-refractivity contribution in [2.75, 3.05) is 6.54 Å². The summed E-state index contributed by atoms with van der Waals surface area (Å²) in [6.45, 7) is 2.08. The number of hydrogen-bond acceptors (Lipinski definition) is 7. The molecule has 11 nitrogen and oxygen atoms in total. The van der Waals surface area contributed by atoms with E-state index < -0.39 is 60.6 Å². The highest BCUT2D eigenvalue weighted by Gasteiger charge is 2.32. The van der Waals surface area contributed by atoms with Gasteiger partial charge in [-0.2, -0.15) is 0 Å². The van der Waals surface area contributed by atoms with Crippen molar-refractivity contribution < 1.29 is 34.5 Å². The lowest BCUT2D eigenvalue weighted by Gasteiger charge is -2.26. The standard InChI is InChI=1S/C19H28N4O7/c1-10(24)15(22-14(26)9-20)18(28)21-13(8-12-6-4-3-5-7-12)17(27)23-16(11(2)25)19(29)30/h3-7,10-11,13,15-16,24-25H,8-9,20H2,1-2H3,(H,21,28)(H,22,26)(H,23,27)(H,29,30)/t10-,11+,13+,15-,16+/m1/s1. The predicted molar refractivity (Wildman–Crippen MR) is 106 cm³/mol. The molecule has 0 bridgehead atoms. The van der Waals surface area contributed by atoms with Gasteiger partial charge in [0.2, 0.25) is 17.7 Å². The van der Waals surface area contributed by atoms with Crippen LogP contribution in [0.15, 0.2) is 30.3 Å². The van der Waals surface area contributed by atoms with Crippen LogP contribution in [0.2, 0.25) is 0 Å². The van der Waals surface area contributed by atoms with Crippen LogP contribution >= 0.6 is 0 Å². The van der Waals surface area contributed by atoms with Gasteiger partial charge in [0.15, 0.2) is 6.04 Å². The van der Waals surface area contributed by atoms with Crippen LogP contribution in [-0.4, -0.2) is 75.9 Å². The van der Waals surface area contributed by atoms with E-state index in [9.17, 15) is 34.5 Å². The molecule has 0 aliphatic rings. The highest BCUT2D eigenvalue weighted by atomic mass is 16.4. The molecule has 0 radical (unpaired) electrons. The maximum Gasteiger partial charge on any atom is 0.328 e. The smallest absolute Gasteiger partial charge is 0.328 e. The first kappa shape index (κ1) is 25.0. The third kappa shape index (κ3) is 7.78. The Morgan fingerprint density at radius 2 is 1.47 bits per heavy atom. The Bertz CT molecular complexity index is 740. The molecule has 30 heavy (non-hydrogen) atoms. The van der Waals surface area contributed by atoms with Gasteiger partial charge in [-0.1, -0.05) is 30.3 Å². The highest BCUT2D eigenvalue weighted by Crippen LogP contribution is 2.06. The van der Waals surface area contributed by atoms with Gasteiger partial charge in [0.25, 0.3) is 0 Å². The van der Waals surface area contributed by atoms with Gasteiger partial charge in [-0.3, -0.25) is 14.4 Å². The van der Waals surface area contributed by atoms with E-state index in [1.165, 1.54) is 13.8 Å². The maximum absolute atomic E-state index is 12.7. The number of carbonyl (C=O) groups is 4. The summed E-state index contributed by atoms with van der Waals surface area (Å²) in [7, 11) is 0. The van der Waals surface area contributed by atoms with E-state index in [2.05, 4.69) is 16.0 Å². The van der Waals surface area contributed by atoms with Crippen LogP contribution in [0.5, 0.6) is 0 Å². The van der Waals surface area contributed by atoms with Crippen molar-refractivity contribution in [1.82, 2.24) is 16.0 Å². The molecule has 0 heterocycles. The lowest BCUT2D eigenvalue weighted by atomic mass is 10.0. The van der Waals surface area contributed by atoms with Crippen LogP contribution < -0.4 is 21.7 Å². The molecule has 11 heteroatoms. The lowest BCUT2D eigenvalue weighted by molar-refractivity contribution is -0.145. The molecule has 0 aromatic heterocycles. The molecule has 0 saturated heterocycles. The van der Waals surface area contributed by atoms with Gasteiger partial charge in [-0.15, -0.1) is 0 Å². The SMILES string of the molecule is C[C@H](O)[C@H](NC(=O)[C@H](Cc1ccccc1)NC(=O)[C@H](NC(=O)CN)[C@@H](C)O)C(=O)O. The first-order chi connectivity index (χ1) is 14.1. The second-order valence-electron chi connectivity index (χ2n) is 6.81. The zero-order chi connectivity index (χ0) is 22.8. The number of nitrogens with two attached hydrogens (primary N) is 1. The normalized spacial score (nSPS) is 15.8. The number of carbonyl (C=O) groups excluding carboxylic acids is 3. The van der Waals surface area contributed by atoms with Crippen molar-refractivity contribution in [3.63, 3.8) is 0 Å². The fourth-order valence-electron chi connectivity index (χ4n) is 2.60. The first-order valence-corrected chi connectivity index (χ1v) is 9.29. The number of carboxylic acids is 1. The maximum atomic E-state index is 12.7. The summed E-state index contributed by atoms with van der Waals surface area (Å²) in [6.07, 6.45) is -2.67. The van der Waals surface area contributed by atoms with E-state index in [1.54, 1.807) is 30.3 Å². The Balaban J connectivity index is 3.07. The number of aliphatic carboxylic acids is 1. The minimum absolute atomic E-state index is 0.00191. The van der Waals surface area contributed by atoms with E-state index in [4.69, 9.17) is 5.73 Å². The molecule has 8 N–H and O–H groups in total. The van der Waals surface area contributed by atoms with Crippen molar-refractivity contribution in [3.05, 3.63) is 35.9 Å². The average Bonchev–Trinajstić information content (AvgIpc) is 2.69. The Morgan fingerprint density at radius 1 is 0.900 bits per heavy atom. The summed E-state index contributed by atoms with van der Waals surface area (Å²) < 4.78 is 0. The quantitative estimate of drug-likeness (QED) is 0.202. The molecule has 0 aliphatic heterocycles. The van der Waals surface area contributed by atoms with E-state index in [0.29, 0.717) is 5.56 Å². The summed E-state index contributed by atoms with van der Waals surface area (Å²) in [6, 6.07) is 4.42. The summed E-state index contributed by atoms with van der Waals surface area (Å²) in [5, 5.41) is 35.5. The summed E-state index contributed by atoms with van der Waals surface area (Å²) in [4.78, 5) is 48.1. The Hall–Kier alpha value is -3.02. The second-order valence-corrected chi connectivity index (χ2v) is 6.81. The Morgan fingerprint density at radius 3 is 1.93 bits per heavy atom. The van der Waals surface area contributed by atoms with Crippen molar-refractivity contribution in [2.24, 2.45) is 5.73 Å². The monoisotopic (exact) mass is 424 g/mol. The largest absolute Gasteiger partial charge is 0.480 e. The molecule has 1 aromatic carbocycles. The number of amides is 3. The van der Waals surface area contributed by atoms with Crippen LogP contribution in [0.25, 0.3) is 0 Å². The van der Waals surface area contributed by atoms with Gasteiger partial charge in [0.05, 0.1) is 18.8 Å². The van der Waals surface area contributed by atoms with Gasteiger partial charge in [0.1, 0.15) is 12.1 Å². The average molecular weight is 424 g/mol.